The van der Waals surface area contributed by atoms with Gasteiger partial charge < -0.3 is 16.0 Å². The zero-order valence-corrected chi connectivity index (χ0v) is 14.7. The molecule has 1 aliphatic rings. The Morgan fingerprint density at radius 3 is 2.88 bits per heavy atom. The number of nitrogens with one attached hydrogen (secondary N) is 1. The molecule has 0 spiro atoms. The minimum absolute atomic E-state index is 0.00214. The maximum atomic E-state index is 13.7. The first-order valence-corrected chi connectivity index (χ1v) is 8.68. The summed E-state index contributed by atoms with van der Waals surface area (Å²) < 4.78 is 13.7. The lowest BCUT2D eigenvalue weighted by Crippen LogP contribution is -2.47. The summed E-state index contributed by atoms with van der Waals surface area (Å²) in [5, 5.41) is 2.81. The fraction of sp³-hybridized carbons (Fsp3) is 0.556. The number of nitrogens with zero attached hydrogens (tertiary/aromatic N) is 2. The van der Waals surface area contributed by atoms with Crippen LogP contribution < -0.4 is 11.1 Å². The van der Waals surface area contributed by atoms with Crippen molar-refractivity contribution >= 4 is 11.8 Å². The molecule has 7 heteroatoms. The Balaban J connectivity index is 1.84. The van der Waals surface area contributed by atoms with Gasteiger partial charge in [0.25, 0.3) is 0 Å². The molecule has 1 aromatic rings. The van der Waals surface area contributed by atoms with Crippen LogP contribution in [0.5, 0.6) is 0 Å². The Hall–Kier alpha value is -1.99. The van der Waals surface area contributed by atoms with Crippen LogP contribution in [0.2, 0.25) is 0 Å². The molecule has 3 N–H and O–H groups in total. The van der Waals surface area contributed by atoms with E-state index in [0.717, 1.165) is 19.4 Å². The summed E-state index contributed by atoms with van der Waals surface area (Å²) in [5.41, 5.74) is 5.90. The summed E-state index contributed by atoms with van der Waals surface area (Å²) in [6, 6.07) is 6.46. The van der Waals surface area contributed by atoms with E-state index in [4.69, 9.17) is 5.73 Å². The van der Waals surface area contributed by atoms with Crippen molar-refractivity contribution in [1.29, 1.82) is 0 Å². The van der Waals surface area contributed by atoms with Gasteiger partial charge in [-0.15, -0.1) is 0 Å². The van der Waals surface area contributed by atoms with E-state index in [0.29, 0.717) is 25.2 Å². The number of hydrogen-bond donors (Lipinski definition) is 2. The van der Waals surface area contributed by atoms with Crippen LogP contribution in [0.1, 0.15) is 18.4 Å². The third-order valence-corrected chi connectivity index (χ3v) is 4.47. The Labute approximate surface area is 148 Å². The van der Waals surface area contributed by atoms with Crippen LogP contribution in [-0.2, 0) is 16.1 Å². The van der Waals surface area contributed by atoms with Crippen molar-refractivity contribution in [2.45, 2.75) is 19.4 Å². The van der Waals surface area contributed by atoms with Crippen LogP contribution in [0.4, 0.5) is 4.39 Å². The monoisotopic (exact) mass is 350 g/mol. The van der Waals surface area contributed by atoms with Crippen molar-refractivity contribution in [3.05, 3.63) is 35.6 Å². The van der Waals surface area contributed by atoms with E-state index in [1.54, 1.807) is 25.2 Å². The summed E-state index contributed by atoms with van der Waals surface area (Å²) in [6.07, 6.45) is 1.71. The lowest BCUT2D eigenvalue weighted by Gasteiger charge is -2.32. The predicted molar refractivity (Wildman–Crippen MR) is 94.1 cm³/mol. The molecule has 0 saturated carbocycles. The van der Waals surface area contributed by atoms with Crippen molar-refractivity contribution in [3.63, 3.8) is 0 Å². The molecule has 1 atom stereocenters. The second kappa shape index (κ2) is 9.48. The van der Waals surface area contributed by atoms with Crippen LogP contribution in [-0.4, -0.2) is 61.4 Å². The summed E-state index contributed by atoms with van der Waals surface area (Å²) in [4.78, 5) is 28.0. The van der Waals surface area contributed by atoms with E-state index in [2.05, 4.69) is 5.32 Å². The molecule has 1 aromatic carbocycles. The molecule has 0 aromatic heterocycles. The SMILES string of the molecule is CN(Cc1ccccc1F)C(=O)CN1CCCC(C(=O)NCCN)C1. The van der Waals surface area contributed by atoms with Crippen molar-refractivity contribution in [2.75, 3.05) is 39.8 Å². The molecule has 0 bridgehead atoms. The average molecular weight is 350 g/mol. The molecule has 2 amide bonds. The number of amides is 2. The summed E-state index contributed by atoms with van der Waals surface area (Å²) in [5.74, 6) is -0.490. The van der Waals surface area contributed by atoms with Crippen LogP contribution >= 0.6 is 0 Å². The molecule has 1 fully saturated rings. The zero-order valence-electron chi connectivity index (χ0n) is 14.7. The highest BCUT2D eigenvalue weighted by Gasteiger charge is 2.27. The molecule has 6 nitrogen and oxygen atoms in total. The molecule has 1 aliphatic heterocycles. The van der Waals surface area contributed by atoms with E-state index in [1.807, 2.05) is 4.90 Å². The highest BCUT2D eigenvalue weighted by Crippen LogP contribution is 2.17. The Morgan fingerprint density at radius 2 is 2.16 bits per heavy atom. The average Bonchev–Trinajstić information content (AvgIpc) is 2.61. The fourth-order valence-corrected chi connectivity index (χ4v) is 3.04. The second-order valence-electron chi connectivity index (χ2n) is 6.50. The van der Waals surface area contributed by atoms with Crippen molar-refractivity contribution in [1.82, 2.24) is 15.1 Å². The standard InChI is InChI=1S/C18H27FN4O2/c1-22(11-14-5-2-3-7-16(14)19)17(24)13-23-10-4-6-15(12-23)18(25)21-9-8-20/h2-3,5,7,15H,4,6,8-13,20H2,1H3,(H,21,25). The van der Waals surface area contributed by atoms with E-state index in [-0.39, 0.29) is 36.6 Å². The molecule has 1 saturated heterocycles. The Morgan fingerprint density at radius 1 is 1.40 bits per heavy atom. The number of halogens is 1. The van der Waals surface area contributed by atoms with Gasteiger partial charge in [-0.3, -0.25) is 14.5 Å². The van der Waals surface area contributed by atoms with Gasteiger partial charge in [-0.1, -0.05) is 18.2 Å². The van der Waals surface area contributed by atoms with Crippen molar-refractivity contribution in [2.24, 2.45) is 11.7 Å². The normalized spacial score (nSPS) is 18.0. The largest absolute Gasteiger partial charge is 0.355 e. The topological polar surface area (TPSA) is 78.7 Å². The van der Waals surface area contributed by atoms with Gasteiger partial charge in [0.2, 0.25) is 11.8 Å². The van der Waals surface area contributed by atoms with E-state index in [1.165, 1.54) is 11.0 Å². The number of likely N-dealkylation sites (N-methyl/N-ethyl adjacent to an activating group) is 1. The first kappa shape index (κ1) is 19.3. The Bertz CT molecular complexity index is 596. The molecule has 25 heavy (non-hydrogen) atoms. The minimum atomic E-state index is -0.309. The molecule has 0 aliphatic carbocycles. The quantitative estimate of drug-likeness (QED) is 0.754. The molecule has 0 radical (unpaired) electrons. The van der Waals surface area contributed by atoms with Gasteiger partial charge in [-0.25, -0.2) is 4.39 Å². The van der Waals surface area contributed by atoms with Gasteiger partial charge in [-0.2, -0.15) is 0 Å². The third-order valence-electron chi connectivity index (χ3n) is 4.47. The van der Waals surface area contributed by atoms with Gasteiger partial charge in [-0.05, 0) is 25.5 Å². The minimum Gasteiger partial charge on any atom is -0.355 e. The number of benzene rings is 1. The Kier molecular flexibility index (Phi) is 7.33. The highest BCUT2D eigenvalue weighted by atomic mass is 19.1. The van der Waals surface area contributed by atoms with Crippen LogP contribution in [0, 0.1) is 11.7 Å². The first-order chi connectivity index (χ1) is 12.0. The smallest absolute Gasteiger partial charge is 0.236 e. The highest BCUT2D eigenvalue weighted by molar-refractivity contribution is 5.80. The number of likely N-dealkylation sites (tertiary alicyclic amines) is 1. The lowest BCUT2D eigenvalue weighted by molar-refractivity contribution is -0.134. The van der Waals surface area contributed by atoms with Gasteiger partial charge >= 0.3 is 0 Å². The van der Waals surface area contributed by atoms with Gasteiger partial charge in [0.1, 0.15) is 5.82 Å². The van der Waals surface area contributed by atoms with Gasteiger partial charge in [0.05, 0.1) is 12.5 Å². The van der Waals surface area contributed by atoms with Crippen LogP contribution in [0.25, 0.3) is 0 Å². The van der Waals surface area contributed by atoms with Gasteiger partial charge in [0, 0.05) is 38.8 Å². The second-order valence-corrected chi connectivity index (χ2v) is 6.50. The van der Waals surface area contributed by atoms with E-state index >= 15 is 0 Å². The maximum Gasteiger partial charge on any atom is 0.236 e. The number of nitrogens with two attached hydrogens (primary N) is 1. The van der Waals surface area contributed by atoms with Crippen molar-refractivity contribution in [3.8, 4) is 0 Å². The predicted octanol–water partition coefficient (Wildman–Crippen LogP) is 0.571. The fourth-order valence-electron chi connectivity index (χ4n) is 3.04. The van der Waals surface area contributed by atoms with E-state index in [9.17, 15) is 14.0 Å². The number of hydrogen-bond acceptors (Lipinski definition) is 4. The molecule has 138 valence electrons. The molecular weight excluding hydrogens is 323 g/mol. The summed E-state index contributed by atoms with van der Waals surface area (Å²) >= 11 is 0. The molecule has 2 rings (SSSR count). The number of carbonyl (C=O) groups excluding carboxylic acids is 2. The molecule has 1 heterocycles. The lowest BCUT2D eigenvalue weighted by atomic mass is 9.97. The summed E-state index contributed by atoms with van der Waals surface area (Å²) in [7, 11) is 1.67. The molecule has 1 unspecified atom stereocenters. The number of carbonyl (C=O) groups is 2. The molecular formula is C18H27FN4O2. The van der Waals surface area contributed by atoms with Crippen LogP contribution in [0.3, 0.4) is 0 Å². The van der Waals surface area contributed by atoms with Crippen LogP contribution in [0.15, 0.2) is 24.3 Å². The number of piperidine rings is 1. The third kappa shape index (κ3) is 5.79. The summed E-state index contributed by atoms with van der Waals surface area (Å²) in [6.45, 7) is 2.72. The number of rotatable bonds is 7. The zero-order chi connectivity index (χ0) is 18.2. The van der Waals surface area contributed by atoms with Gasteiger partial charge in [0.15, 0.2) is 0 Å². The van der Waals surface area contributed by atoms with E-state index < -0.39 is 0 Å². The maximum absolute atomic E-state index is 13.7. The van der Waals surface area contributed by atoms with Crippen molar-refractivity contribution < 1.29 is 14.0 Å². The first-order valence-electron chi connectivity index (χ1n) is 8.68.